The highest BCUT2D eigenvalue weighted by atomic mass is 32.2. The zero-order chi connectivity index (χ0) is 14.9. The molecule has 3 heterocycles. The molecule has 0 aromatic carbocycles. The van der Waals surface area contributed by atoms with Gasteiger partial charge < -0.3 is 11.1 Å². The molecule has 0 spiro atoms. The molecule has 2 aromatic heterocycles. The van der Waals surface area contributed by atoms with Gasteiger partial charge >= 0.3 is 0 Å². The van der Waals surface area contributed by atoms with Gasteiger partial charge in [-0.25, -0.2) is 8.42 Å². The Morgan fingerprint density at radius 2 is 2.14 bits per heavy atom. The van der Waals surface area contributed by atoms with Crippen molar-refractivity contribution in [3.05, 3.63) is 24.5 Å². The molecule has 0 bridgehead atoms. The van der Waals surface area contributed by atoms with Crippen molar-refractivity contribution in [2.45, 2.75) is 6.42 Å². The summed E-state index contributed by atoms with van der Waals surface area (Å²) in [4.78, 5) is 3.99. The standard InChI is InChI=1S/C13H16N4O2S2/c14-12-11(10-1-4-15-5-2-10)13(20-17-12)16-7-9-3-6-21(18,19)8-9/h1-2,4-5,9,16H,3,6-8H2,(H2,14,17). The number of nitrogens with one attached hydrogen (secondary N) is 1. The maximum absolute atomic E-state index is 11.5. The van der Waals surface area contributed by atoms with E-state index in [4.69, 9.17) is 5.73 Å². The SMILES string of the molecule is Nc1nsc(NCC2CCS(=O)(=O)C2)c1-c1ccncc1. The maximum Gasteiger partial charge on any atom is 0.150 e. The zero-order valence-electron chi connectivity index (χ0n) is 11.3. The summed E-state index contributed by atoms with van der Waals surface area (Å²) in [5, 5.41) is 4.18. The molecule has 3 N–H and O–H groups in total. The normalized spacial score (nSPS) is 20.5. The first-order chi connectivity index (χ1) is 10.1. The van der Waals surface area contributed by atoms with Crippen LogP contribution in [0.1, 0.15) is 6.42 Å². The Hall–Kier alpha value is -1.67. The quantitative estimate of drug-likeness (QED) is 0.887. The van der Waals surface area contributed by atoms with Gasteiger partial charge in [0.2, 0.25) is 0 Å². The molecule has 1 atom stereocenters. The van der Waals surface area contributed by atoms with Crippen molar-refractivity contribution in [3.8, 4) is 11.1 Å². The molecular formula is C13H16N4O2S2. The van der Waals surface area contributed by atoms with Gasteiger partial charge in [0, 0.05) is 18.9 Å². The number of sulfone groups is 1. The number of pyridine rings is 1. The first-order valence-electron chi connectivity index (χ1n) is 6.65. The van der Waals surface area contributed by atoms with Crippen LogP contribution in [0.5, 0.6) is 0 Å². The molecule has 1 saturated heterocycles. The molecule has 3 rings (SSSR count). The summed E-state index contributed by atoms with van der Waals surface area (Å²) < 4.78 is 27.1. The van der Waals surface area contributed by atoms with Gasteiger partial charge in [-0.3, -0.25) is 4.98 Å². The lowest BCUT2D eigenvalue weighted by molar-refractivity contribution is 0.596. The number of hydrogen-bond donors (Lipinski definition) is 2. The summed E-state index contributed by atoms with van der Waals surface area (Å²) in [6.07, 6.45) is 4.13. The van der Waals surface area contributed by atoms with Gasteiger partial charge in [0.05, 0.1) is 17.1 Å². The smallest absolute Gasteiger partial charge is 0.150 e. The highest BCUT2D eigenvalue weighted by Crippen LogP contribution is 2.36. The lowest BCUT2D eigenvalue weighted by Crippen LogP contribution is -2.15. The van der Waals surface area contributed by atoms with Gasteiger partial charge in [-0.1, -0.05) is 0 Å². The van der Waals surface area contributed by atoms with E-state index in [-0.39, 0.29) is 11.7 Å². The lowest BCUT2D eigenvalue weighted by atomic mass is 10.1. The molecular weight excluding hydrogens is 308 g/mol. The van der Waals surface area contributed by atoms with E-state index in [0.29, 0.717) is 24.5 Å². The molecule has 1 aliphatic rings. The highest BCUT2D eigenvalue weighted by Gasteiger charge is 2.28. The maximum atomic E-state index is 11.5. The Bertz CT molecular complexity index is 728. The van der Waals surface area contributed by atoms with E-state index in [1.807, 2.05) is 12.1 Å². The summed E-state index contributed by atoms with van der Waals surface area (Å²) in [5.74, 6) is 1.19. The van der Waals surface area contributed by atoms with Gasteiger partial charge in [-0.15, -0.1) is 0 Å². The Balaban J connectivity index is 1.75. The third-order valence-corrected chi connectivity index (χ3v) is 6.22. The molecule has 21 heavy (non-hydrogen) atoms. The Morgan fingerprint density at radius 1 is 1.38 bits per heavy atom. The Labute approximate surface area is 127 Å². The average molecular weight is 324 g/mol. The number of rotatable bonds is 4. The van der Waals surface area contributed by atoms with E-state index in [0.717, 1.165) is 16.1 Å². The fraction of sp³-hybridized carbons (Fsp3) is 0.385. The van der Waals surface area contributed by atoms with Gasteiger partial charge in [-0.2, -0.15) is 4.37 Å². The van der Waals surface area contributed by atoms with Crippen LogP contribution in [-0.4, -0.2) is 35.8 Å². The van der Waals surface area contributed by atoms with Crippen LogP contribution in [0.25, 0.3) is 11.1 Å². The molecule has 0 radical (unpaired) electrons. The summed E-state index contributed by atoms with van der Waals surface area (Å²) in [6.45, 7) is 0.624. The largest absolute Gasteiger partial charge is 0.382 e. The van der Waals surface area contributed by atoms with Crippen molar-refractivity contribution < 1.29 is 8.42 Å². The first-order valence-corrected chi connectivity index (χ1v) is 9.24. The molecule has 0 amide bonds. The van der Waals surface area contributed by atoms with E-state index < -0.39 is 9.84 Å². The molecule has 1 unspecified atom stereocenters. The van der Waals surface area contributed by atoms with Crippen LogP contribution < -0.4 is 11.1 Å². The van der Waals surface area contributed by atoms with Crippen LogP contribution in [0.15, 0.2) is 24.5 Å². The van der Waals surface area contributed by atoms with Gasteiger partial charge in [0.15, 0.2) is 9.84 Å². The molecule has 2 aromatic rings. The number of aromatic nitrogens is 2. The van der Waals surface area contributed by atoms with Crippen molar-refractivity contribution in [2.24, 2.45) is 5.92 Å². The van der Waals surface area contributed by atoms with Crippen LogP contribution in [0.2, 0.25) is 0 Å². The van der Waals surface area contributed by atoms with Gasteiger partial charge in [-0.05, 0) is 41.6 Å². The third kappa shape index (κ3) is 3.16. The summed E-state index contributed by atoms with van der Waals surface area (Å²) in [7, 11) is -2.84. The van der Waals surface area contributed by atoms with Crippen LogP contribution in [0.4, 0.5) is 10.8 Å². The third-order valence-electron chi connectivity index (χ3n) is 3.57. The number of nitrogens with zero attached hydrogens (tertiary/aromatic N) is 2. The summed E-state index contributed by atoms with van der Waals surface area (Å²) >= 11 is 1.30. The average Bonchev–Trinajstić information content (AvgIpc) is 3.00. The van der Waals surface area contributed by atoms with E-state index in [1.165, 1.54) is 11.5 Å². The second kappa shape index (κ2) is 5.61. The van der Waals surface area contributed by atoms with Gasteiger partial charge in [0.25, 0.3) is 0 Å². The molecule has 0 aliphatic carbocycles. The Kier molecular flexibility index (Phi) is 3.81. The predicted molar refractivity (Wildman–Crippen MR) is 85.0 cm³/mol. The lowest BCUT2D eigenvalue weighted by Gasteiger charge is -2.11. The number of anilines is 2. The highest BCUT2D eigenvalue weighted by molar-refractivity contribution is 7.91. The first kappa shape index (κ1) is 14.3. The van der Waals surface area contributed by atoms with E-state index in [9.17, 15) is 8.42 Å². The number of nitrogens with two attached hydrogens (primary N) is 1. The topological polar surface area (TPSA) is 98.0 Å². The summed E-state index contributed by atoms with van der Waals surface area (Å²) in [5.41, 5.74) is 7.76. The summed E-state index contributed by atoms with van der Waals surface area (Å²) in [6, 6.07) is 3.76. The minimum atomic E-state index is -2.84. The minimum absolute atomic E-state index is 0.156. The van der Waals surface area contributed by atoms with Crippen LogP contribution in [0, 0.1) is 5.92 Å². The second-order valence-electron chi connectivity index (χ2n) is 5.16. The molecule has 112 valence electrons. The minimum Gasteiger partial charge on any atom is -0.382 e. The van der Waals surface area contributed by atoms with E-state index in [1.54, 1.807) is 12.4 Å². The molecule has 1 fully saturated rings. The predicted octanol–water partition coefficient (Wildman–Crippen LogP) is 1.63. The second-order valence-corrected chi connectivity index (χ2v) is 8.16. The van der Waals surface area contributed by atoms with Crippen LogP contribution in [0.3, 0.4) is 0 Å². The van der Waals surface area contributed by atoms with Crippen molar-refractivity contribution >= 4 is 32.2 Å². The monoisotopic (exact) mass is 324 g/mol. The number of nitrogen functional groups attached to an aromatic ring is 1. The van der Waals surface area contributed by atoms with Crippen molar-refractivity contribution in [1.29, 1.82) is 0 Å². The zero-order valence-corrected chi connectivity index (χ0v) is 13.0. The molecule has 1 aliphatic heterocycles. The molecule has 6 nitrogen and oxygen atoms in total. The van der Waals surface area contributed by atoms with Crippen molar-refractivity contribution in [3.63, 3.8) is 0 Å². The molecule has 0 saturated carbocycles. The molecule has 8 heteroatoms. The fourth-order valence-corrected chi connectivity index (χ4v) is 5.10. The van der Waals surface area contributed by atoms with Crippen LogP contribution >= 0.6 is 11.5 Å². The van der Waals surface area contributed by atoms with Crippen molar-refractivity contribution in [2.75, 3.05) is 29.1 Å². The fourth-order valence-electron chi connectivity index (χ4n) is 2.49. The van der Waals surface area contributed by atoms with E-state index in [2.05, 4.69) is 14.7 Å². The van der Waals surface area contributed by atoms with Gasteiger partial charge in [0.1, 0.15) is 10.8 Å². The van der Waals surface area contributed by atoms with Crippen molar-refractivity contribution in [1.82, 2.24) is 9.36 Å². The number of hydrogen-bond acceptors (Lipinski definition) is 7. The van der Waals surface area contributed by atoms with E-state index >= 15 is 0 Å². The Morgan fingerprint density at radius 3 is 2.81 bits per heavy atom. The van der Waals surface area contributed by atoms with Crippen LogP contribution in [-0.2, 0) is 9.84 Å².